The predicted molar refractivity (Wildman–Crippen MR) is 55.0 cm³/mol. The van der Waals surface area contributed by atoms with Gasteiger partial charge in [-0.3, -0.25) is 5.21 Å². The van der Waals surface area contributed by atoms with Crippen LogP contribution in [0, 0.1) is 5.21 Å². The molecule has 1 rings (SSSR count). The Morgan fingerprint density at radius 3 is 2.43 bits per heavy atom. The molecule has 0 aliphatic heterocycles. The first kappa shape index (κ1) is 10.6. The van der Waals surface area contributed by atoms with Crippen LogP contribution in [0.2, 0.25) is 0 Å². The van der Waals surface area contributed by atoms with Crippen LogP contribution in [0.5, 0.6) is 5.75 Å². The molecule has 5 heteroatoms. The minimum Gasteiger partial charge on any atom is -0.733 e. The number of benzene rings is 1. The fraction of sp³-hybridized carbons (Fsp3) is 0.333. The number of ether oxygens (including phenoxy) is 1. The smallest absolute Gasteiger partial charge is 0.143 e. The minimum atomic E-state index is -0.203. The Morgan fingerprint density at radius 1 is 1.36 bits per heavy atom. The summed E-state index contributed by atoms with van der Waals surface area (Å²) in [4.78, 5) is 1.83. The predicted octanol–water partition coefficient (Wildman–Crippen LogP) is 1.45. The lowest BCUT2D eigenvalue weighted by Gasteiger charge is -2.25. The molecule has 0 radical (unpaired) electrons. The van der Waals surface area contributed by atoms with E-state index in [0.29, 0.717) is 5.75 Å². The Bertz CT molecular complexity index is 313. The van der Waals surface area contributed by atoms with E-state index in [4.69, 9.17) is 9.94 Å². The van der Waals surface area contributed by atoms with Crippen molar-refractivity contribution < 1.29 is 9.94 Å². The van der Waals surface area contributed by atoms with Crippen molar-refractivity contribution in [1.29, 1.82) is 0 Å². The van der Waals surface area contributed by atoms with Crippen molar-refractivity contribution in [3.8, 4) is 5.75 Å². The SMILES string of the molecule is COc1ccc(N(C)C)cc1N([O-])O. The molecule has 5 nitrogen and oxygen atoms in total. The molecule has 0 saturated heterocycles. The highest BCUT2D eigenvalue weighted by atomic mass is 16.8. The quantitative estimate of drug-likeness (QED) is 0.743. The third kappa shape index (κ3) is 2.07. The van der Waals surface area contributed by atoms with Crippen molar-refractivity contribution in [2.75, 3.05) is 31.3 Å². The van der Waals surface area contributed by atoms with Crippen molar-refractivity contribution in [2.24, 2.45) is 0 Å². The molecule has 1 aromatic carbocycles. The summed E-state index contributed by atoms with van der Waals surface area (Å²) in [5.74, 6) is 0.341. The molecule has 78 valence electrons. The number of anilines is 2. The Hall–Kier alpha value is -1.46. The molecule has 0 fully saturated rings. The summed E-state index contributed by atoms with van der Waals surface area (Å²) in [6.07, 6.45) is 0. The normalized spacial score (nSPS) is 9.79. The largest absolute Gasteiger partial charge is 0.733 e. The summed E-state index contributed by atoms with van der Waals surface area (Å²) < 4.78 is 4.92. The zero-order chi connectivity index (χ0) is 10.7. The maximum Gasteiger partial charge on any atom is 0.143 e. The monoisotopic (exact) mass is 197 g/mol. The van der Waals surface area contributed by atoms with E-state index in [1.807, 2.05) is 19.0 Å². The molecule has 0 atom stereocenters. The van der Waals surface area contributed by atoms with E-state index in [2.05, 4.69) is 0 Å². The van der Waals surface area contributed by atoms with Crippen molar-refractivity contribution >= 4 is 11.4 Å². The fourth-order valence-electron chi connectivity index (χ4n) is 1.11. The molecule has 0 saturated carbocycles. The van der Waals surface area contributed by atoms with E-state index in [9.17, 15) is 5.21 Å². The minimum absolute atomic E-state index is 0.0960. The molecular formula is C9H13N2O3-. The second kappa shape index (κ2) is 4.17. The molecule has 0 aromatic heterocycles. The van der Waals surface area contributed by atoms with Gasteiger partial charge in [0.15, 0.2) is 0 Å². The van der Waals surface area contributed by atoms with Gasteiger partial charge in [-0.25, -0.2) is 0 Å². The van der Waals surface area contributed by atoms with Crippen molar-refractivity contribution in [2.45, 2.75) is 0 Å². The van der Waals surface area contributed by atoms with Gasteiger partial charge in [-0.2, -0.15) is 0 Å². The molecule has 1 aromatic rings. The van der Waals surface area contributed by atoms with Gasteiger partial charge in [0.05, 0.1) is 12.8 Å². The maximum absolute atomic E-state index is 10.8. The number of hydrogen-bond acceptors (Lipinski definition) is 5. The maximum atomic E-state index is 10.8. The third-order valence-corrected chi connectivity index (χ3v) is 1.88. The fourth-order valence-corrected chi connectivity index (χ4v) is 1.11. The van der Waals surface area contributed by atoms with Crippen molar-refractivity contribution in [3.63, 3.8) is 0 Å². The number of rotatable bonds is 3. The zero-order valence-electron chi connectivity index (χ0n) is 8.39. The molecule has 0 unspecified atom stereocenters. The second-order valence-corrected chi connectivity index (χ2v) is 3.02. The lowest BCUT2D eigenvalue weighted by atomic mass is 10.2. The van der Waals surface area contributed by atoms with Gasteiger partial charge in [-0.1, -0.05) is 0 Å². The Balaban J connectivity index is 3.14. The summed E-state index contributed by atoms with van der Waals surface area (Å²) in [5, 5.41) is 19.4. The molecule has 1 N–H and O–H groups in total. The first-order valence-corrected chi connectivity index (χ1v) is 4.07. The first-order valence-electron chi connectivity index (χ1n) is 4.07. The van der Waals surface area contributed by atoms with Gasteiger partial charge in [0.2, 0.25) is 0 Å². The third-order valence-electron chi connectivity index (χ3n) is 1.88. The summed E-state index contributed by atoms with van der Waals surface area (Å²) in [5.41, 5.74) is 0.911. The zero-order valence-corrected chi connectivity index (χ0v) is 8.39. The van der Waals surface area contributed by atoms with Crippen LogP contribution >= 0.6 is 0 Å². The van der Waals surface area contributed by atoms with E-state index in [-0.39, 0.29) is 10.9 Å². The molecule has 0 bridgehead atoms. The van der Waals surface area contributed by atoms with Crippen LogP contribution in [0.15, 0.2) is 18.2 Å². The number of hydrogen-bond donors (Lipinski definition) is 1. The van der Waals surface area contributed by atoms with Crippen LogP contribution in [-0.2, 0) is 0 Å². The van der Waals surface area contributed by atoms with Crippen LogP contribution in [0.1, 0.15) is 0 Å². The average molecular weight is 197 g/mol. The average Bonchev–Trinajstić information content (AvgIpc) is 2.16. The van der Waals surface area contributed by atoms with Crippen molar-refractivity contribution in [1.82, 2.24) is 0 Å². The highest BCUT2D eigenvalue weighted by molar-refractivity contribution is 5.65. The van der Waals surface area contributed by atoms with Gasteiger partial charge >= 0.3 is 0 Å². The highest BCUT2D eigenvalue weighted by Gasteiger charge is 2.05. The lowest BCUT2D eigenvalue weighted by molar-refractivity contribution is 0.290. The Morgan fingerprint density at radius 2 is 2.00 bits per heavy atom. The lowest BCUT2D eigenvalue weighted by Crippen LogP contribution is -2.12. The topological polar surface area (TPSA) is 59.0 Å². The van der Waals surface area contributed by atoms with E-state index >= 15 is 0 Å². The van der Waals surface area contributed by atoms with Gasteiger partial charge < -0.3 is 20.1 Å². The molecule has 0 heterocycles. The van der Waals surface area contributed by atoms with E-state index in [1.165, 1.54) is 7.11 Å². The standard InChI is InChI=1S/C9H13N2O3/c1-10(2)7-4-5-9(14-3)8(6-7)11(12)13/h4-6,12H,1-3H3/q-1. The van der Waals surface area contributed by atoms with Gasteiger partial charge in [-0.05, 0) is 18.2 Å². The molecule has 0 aliphatic carbocycles. The van der Waals surface area contributed by atoms with Gasteiger partial charge in [0, 0.05) is 19.8 Å². The van der Waals surface area contributed by atoms with Crippen LogP contribution in [-0.4, -0.2) is 26.4 Å². The van der Waals surface area contributed by atoms with Crippen LogP contribution < -0.4 is 14.9 Å². The number of methoxy groups -OCH3 is 1. The van der Waals surface area contributed by atoms with E-state index in [0.717, 1.165) is 5.69 Å². The van der Waals surface area contributed by atoms with Crippen molar-refractivity contribution in [3.05, 3.63) is 23.4 Å². The van der Waals surface area contributed by atoms with E-state index in [1.54, 1.807) is 18.2 Å². The first-order chi connectivity index (χ1) is 6.56. The number of nitrogens with zero attached hydrogens (tertiary/aromatic N) is 2. The van der Waals surface area contributed by atoms with E-state index < -0.39 is 0 Å². The highest BCUT2D eigenvalue weighted by Crippen LogP contribution is 2.30. The van der Waals surface area contributed by atoms with Crippen LogP contribution in [0.25, 0.3) is 0 Å². The van der Waals surface area contributed by atoms with Crippen LogP contribution in [0.3, 0.4) is 0 Å². The van der Waals surface area contributed by atoms with Gasteiger partial charge in [-0.15, -0.1) is 0 Å². The second-order valence-electron chi connectivity index (χ2n) is 3.02. The molecule has 0 amide bonds. The summed E-state index contributed by atoms with van der Waals surface area (Å²) >= 11 is 0. The summed E-state index contributed by atoms with van der Waals surface area (Å²) in [6, 6.07) is 4.98. The summed E-state index contributed by atoms with van der Waals surface area (Å²) in [6.45, 7) is 0. The molecule has 14 heavy (non-hydrogen) atoms. The van der Waals surface area contributed by atoms with Gasteiger partial charge in [0.25, 0.3) is 0 Å². The Labute approximate surface area is 82.7 Å². The molecular weight excluding hydrogens is 184 g/mol. The van der Waals surface area contributed by atoms with Gasteiger partial charge in [0.1, 0.15) is 5.75 Å². The Kier molecular flexibility index (Phi) is 3.16. The van der Waals surface area contributed by atoms with Crippen LogP contribution in [0.4, 0.5) is 11.4 Å². The molecule has 0 aliphatic rings. The molecule has 0 spiro atoms. The summed E-state index contributed by atoms with van der Waals surface area (Å²) in [7, 11) is 5.13.